The average molecular weight is 157 g/mol. The number of halogens is 1. The van der Waals surface area contributed by atoms with Gasteiger partial charge in [0, 0.05) is 6.16 Å². The predicted molar refractivity (Wildman–Crippen MR) is 37.4 cm³/mol. The highest BCUT2D eigenvalue weighted by atomic mass is 35.7. The Morgan fingerprint density at radius 2 is 2.43 bits per heavy atom. The molecule has 0 heterocycles. The molecular weight excluding hydrogens is 151 g/mol. The van der Waals surface area contributed by atoms with Gasteiger partial charge < -0.3 is 4.89 Å². The van der Waals surface area contributed by atoms with Gasteiger partial charge >= 0.3 is 0 Å². The van der Waals surface area contributed by atoms with Crippen LogP contribution in [0, 0.1) is 0 Å². The quantitative estimate of drug-likeness (QED) is 0.485. The number of allylic oxidation sites excluding steroid dienone is 1. The van der Waals surface area contributed by atoms with Gasteiger partial charge in [-0.25, -0.2) is 0 Å². The Balaban J connectivity index is 3.57. The first-order valence-corrected chi connectivity index (χ1v) is 5.53. The Morgan fingerprint density at radius 1 is 2.00 bits per heavy atom. The molecule has 0 saturated heterocycles. The van der Waals surface area contributed by atoms with Crippen LogP contribution in [-0.4, -0.2) is 11.1 Å². The largest absolute Gasteiger partial charge is 0.353 e. The van der Waals surface area contributed by atoms with Gasteiger partial charge in [0.1, 0.15) is 0 Å². The molecular formula is C3H6ClOPS. The Hall–Kier alpha value is 0.640. The summed E-state index contributed by atoms with van der Waals surface area (Å²) in [7, 11) is 0. The Bertz CT molecular complexity index is 108. The molecule has 0 saturated carbocycles. The van der Waals surface area contributed by atoms with Crippen LogP contribution in [0.2, 0.25) is 0 Å². The lowest BCUT2D eigenvalue weighted by molar-refractivity contribution is 0.640. The Morgan fingerprint density at radius 3 is 2.43 bits per heavy atom. The van der Waals surface area contributed by atoms with Crippen molar-refractivity contribution in [2.24, 2.45) is 0 Å². The molecule has 1 atom stereocenters. The fourth-order valence-electron chi connectivity index (χ4n) is 0.159. The molecule has 4 heteroatoms. The average Bonchev–Trinajstić information content (AvgIpc) is 1.30. The molecule has 0 aromatic rings. The van der Waals surface area contributed by atoms with Gasteiger partial charge in [0.2, 0.25) is 0 Å². The molecule has 1 unspecified atom stereocenters. The third-order valence-corrected chi connectivity index (χ3v) is 1.92. The normalized spacial score (nSPS) is 18.0. The van der Waals surface area contributed by atoms with Crippen LogP contribution >= 0.6 is 16.9 Å². The van der Waals surface area contributed by atoms with Crippen molar-refractivity contribution in [1.82, 2.24) is 0 Å². The minimum atomic E-state index is -2.48. The first kappa shape index (κ1) is 7.64. The summed E-state index contributed by atoms with van der Waals surface area (Å²) in [6, 6.07) is 0. The highest BCUT2D eigenvalue weighted by Gasteiger charge is 2.01. The molecule has 0 rings (SSSR count). The molecule has 0 aliphatic rings. The van der Waals surface area contributed by atoms with Gasteiger partial charge in [-0.2, -0.15) is 0 Å². The van der Waals surface area contributed by atoms with Gasteiger partial charge in [-0.05, 0) is 11.8 Å². The zero-order valence-electron chi connectivity index (χ0n) is 3.67. The van der Waals surface area contributed by atoms with Crippen LogP contribution in [0.4, 0.5) is 0 Å². The van der Waals surface area contributed by atoms with Gasteiger partial charge in [0.15, 0.2) is 5.62 Å². The molecule has 0 aliphatic heterocycles. The molecule has 0 aromatic heterocycles. The highest BCUT2D eigenvalue weighted by molar-refractivity contribution is 8.24. The Labute approximate surface area is 52.9 Å². The minimum Gasteiger partial charge on any atom is -0.353 e. The first-order valence-electron chi connectivity index (χ1n) is 1.68. The minimum absolute atomic E-state index is 0.351. The van der Waals surface area contributed by atoms with Crippen LogP contribution in [0.1, 0.15) is 0 Å². The van der Waals surface area contributed by atoms with Crippen LogP contribution in [0.5, 0.6) is 0 Å². The van der Waals surface area contributed by atoms with Crippen molar-refractivity contribution in [2.45, 2.75) is 0 Å². The zero-order valence-corrected chi connectivity index (χ0v) is 6.14. The second kappa shape index (κ2) is 2.83. The van der Waals surface area contributed by atoms with E-state index in [0.29, 0.717) is 6.16 Å². The van der Waals surface area contributed by atoms with Crippen molar-refractivity contribution in [3.8, 4) is 0 Å². The molecule has 1 N–H and O–H groups in total. The predicted octanol–water partition coefficient (Wildman–Crippen LogP) is 1.71. The summed E-state index contributed by atoms with van der Waals surface area (Å²) >= 11 is 9.69. The van der Waals surface area contributed by atoms with Crippen LogP contribution < -0.4 is 0 Å². The van der Waals surface area contributed by atoms with E-state index in [0.717, 1.165) is 0 Å². The van der Waals surface area contributed by atoms with Crippen LogP contribution in [-0.2, 0) is 11.8 Å². The van der Waals surface area contributed by atoms with E-state index < -0.39 is 5.62 Å². The summed E-state index contributed by atoms with van der Waals surface area (Å²) in [4.78, 5) is 8.64. The molecule has 42 valence electrons. The van der Waals surface area contributed by atoms with Crippen molar-refractivity contribution in [3.05, 3.63) is 12.7 Å². The monoisotopic (exact) mass is 156 g/mol. The third-order valence-electron chi connectivity index (χ3n) is 0.354. The summed E-state index contributed by atoms with van der Waals surface area (Å²) in [6.07, 6.45) is 1.87. The summed E-state index contributed by atoms with van der Waals surface area (Å²) < 4.78 is 0. The standard InChI is InChI=1S/C3H6ClOPS/c1-2-3-6(4,5)7/h2H,1,3H2,(H,5,7). The highest BCUT2D eigenvalue weighted by Crippen LogP contribution is 2.46. The smallest absolute Gasteiger partial charge is 0.152 e. The second-order valence-corrected chi connectivity index (χ2v) is 6.78. The molecule has 0 fully saturated rings. The number of hydrogen-bond donors (Lipinski definition) is 1. The summed E-state index contributed by atoms with van der Waals surface area (Å²) in [5, 5.41) is 0. The van der Waals surface area contributed by atoms with Crippen molar-refractivity contribution in [1.29, 1.82) is 0 Å². The molecule has 0 aliphatic carbocycles. The topological polar surface area (TPSA) is 20.2 Å². The van der Waals surface area contributed by atoms with E-state index in [1.54, 1.807) is 0 Å². The van der Waals surface area contributed by atoms with Crippen LogP contribution in [0.15, 0.2) is 12.7 Å². The van der Waals surface area contributed by atoms with E-state index in [-0.39, 0.29) is 0 Å². The number of rotatable bonds is 2. The van der Waals surface area contributed by atoms with Gasteiger partial charge in [-0.3, -0.25) is 0 Å². The molecule has 1 nitrogen and oxygen atoms in total. The first-order chi connectivity index (χ1) is 3.06. The third kappa shape index (κ3) is 6.64. The van der Waals surface area contributed by atoms with Gasteiger partial charge in [-0.1, -0.05) is 17.3 Å². The lowest BCUT2D eigenvalue weighted by Crippen LogP contribution is -1.70. The molecule has 0 radical (unpaired) electrons. The second-order valence-electron chi connectivity index (χ2n) is 1.09. The number of hydrogen-bond acceptors (Lipinski definition) is 1. The fraction of sp³-hybridized carbons (Fsp3) is 0.333. The van der Waals surface area contributed by atoms with Gasteiger partial charge in [-0.15, -0.1) is 6.58 Å². The van der Waals surface area contributed by atoms with Crippen molar-refractivity contribution < 1.29 is 4.89 Å². The lowest BCUT2D eigenvalue weighted by Gasteiger charge is -1.97. The van der Waals surface area contributed by atoms with Gasteiger partial charge in [0.05, 0.1) is 0 Å². The van der Waals surface area contributed by atoms with E-state index in [1.807, 2.05) is 0 Å². The Kier molecular flexibility index (Phi) is 3.09. The maximum atomic E-state index is 8.64. The summed E-state index contributed by atoms with van der Waals surface area (Å²) in [6.45, 7) is 3.36. The van der Waals surface area contributed by atoms with Crippen molar-refractivity contribution in [3.63, 3.8) is 0 Å². The van der Waals surface area contributed by atoms with Crippen molar-refractivity contribution >= 4 is 28.7 Å². The van der Waals surface area contributed by atoms with E-state index in [9.17, 15) is 0 Å². The van der Waals surface area contributed by atoms with E-state index in [4.69, 9.17) is 16.1 Å². The SMILES string of the molecule is C=CCP(O)(=S)Cl. The van der Waals surface area contributed by atoms with E-state index >= 15 is 0 Å². The maximum Gasteiger partial charge on any atom is 0.152 e. The molecule has 7 heavy (non-hydrogen) atoms. The maximum absolute atomic E-state index is 8.64. The van der Waals surface area contributed by atoms with E-state index in [1.165, 1.54) is 6.08 Å². The fourth-order valence-corrected chi connectivity index (χ4v) is 1.09. The van der Waals surface area contributed by atoms with Crippen molar-refractivity contribution in [2.75, 3.05) is 6.16 Å². The van der Waals surface area contributed by atoms with E-state index in [2.05, 4.69) is 18.4 Å². The molecule has 0 amide bonds. The zero-order chi connectivity index (χ0) is 5.91. The van der Waals surface area contributed by atoms with Crippen LogP contribution in [0.25, 0.3) is 0 Å². The summed E-state index contributed by atoms with van der Waals surface area (Å²) in [5.41, 5.74) is -2.48. The molecule has 0 spiro atoms. The van der Waals surface area contributed by atoms with Gasteiger partial charge in [0.25, 0.3) is 0 Å². The lowest BCUT2D eigenvalue weighted by atomic mass is 10.8. The summed E-state index contributed by atoms with van der Waals surface area (Å²) in [5.74, 6) is 0. The molecule has 0 bridgehead atoms. The molecule has 0 aromatic carbocycles. The van der Waals surface area contributed by atoms with Crippen LogP contribution in [0.3, 0.4) is 0 Å².